The molecule has 0 amide bonds. The molecule has 3 heterocycles. The fourth-order valence-corrected chi connectivity index (χ4v) is 3.24. The quantitative estimate of drug-likeness (QED) is 0.510. The number of rotatable bonds is 6. The average molecular weight is 402 g/mol. The summed E-state index contributed by atoms with van der Waals surface area (Å²) in [4.78, 5) is 26.0. The number of ether oxygens (including phenoxy) is 1. The van der Waals surface area contributed by atoms with Crippen molar-refractivity contribution >= 4 is 28.2 Å². The molecule has 0 bridgehead atoms. The smallest absolute Gasteiger partial charge is 0.262 e. The van der Waals surface area contributed by atoms with E-state index in [4.69, 9.17) is 15.5 Å². The van der Waals surface area contributed by atoms with Crippen LogP contribution in [-0.4, -0.2) is 33.2 Å². The summed E-state index contributed by atoms with van der Waals surface area (Å²) in [5, 5.41) is 4.59. The first kappa shape index (κ1) is 19.5. The largest absolute Gasteiger partial charge is 0.383 e. The first-order valence-electron chi connectivity index (χ1n) is 9.50. The molecule has 3 aromatic heterocycles. The Labute approximate surface area is 173 Å². The zero-order valence-electron chi connectivity index (χ0n) is 16.8. The molecular weight excluding hydrogens is 380 g/mol. The fraction of sp³-hybridized carbons (Fsp3) is 0.182. The second-order valence-corrected chi connectivity index (χ2v) is 6.95. The number of nitrogens with zero attached hydrogens (tertiary/aromatic N) is 4. The van der Waals surface area contributed by atoms with Gasteiger partial charge in [-0.1, -0.05) is 12.1 Å². The van der Waals surface area contributed by atoms with E-state index in [1.165, 1.54) is 0 Å². The molecule has 8 nitrogen and oxygen atoms in total. The van der Waals surface area contributed by atoms with Gasteiger partial charge in [0, 0.05) is 43.5 Å². The van der Waals surface area contributed by atoms with E-state index in [0.717, 1.165) is 16.6 Å². The van der Waals surface area contributed by atoms with Crippen LogP contribution in [0.15, 0.2) is 59.8 Å². The highest BCUT2D eigenvalue weighted by atomic mass is 16.5. The summed E-state index contributed by atoms with van der Waals surface area (Å²) in [6.45, 7) is 2.92. The molecule has 4 rings (SSSR count). The van der Waals surface area contributed by atoms with Crippen LogP contribution in [0.1, 0.15) is 5.56 Å². The van der Waals surface area contributed by atoms with Crippen molar-refractivity contribution < 1.29 is 4.74 Å². The maximum atomic E-state index is 13.2. The standard InChI is InChI=1S/C22H22N6O2/c1-14-4-3-5-17(10-14)26-20-19-15(6-7-28(21(19)29)8-9-30-2)11-18(27-20)16-12-24-22(23)25-13-16/h3-7,10-13H,8-9H2,1-2H3,(H,26,27)(H2,23,24,25). The minimum Gasteiger partial charge on any atom is -0.383 e. The summed E-state index contributed by atoms with van der Waals surface area (Å²) in [6.07, 6.45) is 5.00. The topological polar surface area (TPSA) is 108 Å². The van der Waals surface area contributed by atoms with E-state index in [9.17, 15) is 4.79 Å². The Hall–Kier alpha value is -3.78. The molecule has 0 atom stereocenters. The van der Waals surface area contributed by atoms with Crippen molar-refractivity contribution in [2.24, 2.45) is 0 Å². The van der Waals surface area contributed by atoms with E-state index < -0.39 is 0 Å². The van der Waals surface area contributed by atoms with Crippen LogP contribution in [0.25, 0.3) is 22.0 Å². The molecule has 0 saturated carbocycles. The summed E-state index contributed by atoms with van der Waals surface area (Å²) >= 11 is 0. The maximum Gasteiger partial charge on any atom is 0.262 e. The van der Waals surface area contributed by atoms with Crippen LogP contribution in [0.5, 0.6) is 0 Å². The summed E-state index contributed by atoms with van der Waals surface area (Å²) in [5.41, 5.74) is 8.78. The van der Waals surface area contributed by atoms with Gasteiger partial charge >= 0.3 is 0 Å². The van der Waals surface area contributed by atoms with E-state index >= 15 is 0 Å². The third kappa shape index (κ3) is 3.99. The molecule has 152 valence electrons. The van der Waals surface area contributed by atoms with Gasteiger partial charge in [0.05, 0.1) is 17.7 Å². The lowest BCUT2D eigenvalue weighted by Gasteiger charge is -2.13. The number of aryl methyl sites for hydroxylation is 1. The fourth-order valence-electron chi connectivity index (χ4n) is 3.24. The van der Waals surface area contributed by atoms with Crippen molar-refractivity contribution in [1.29, 1.82) is 0 Å². The number of hydrogen-bond acceptors (Lipinski definition) is 7. The second-order valence-electron chi connectivity index (χ2n) is 6.95. The van der Waals surface area contributed by atoms with Crippen molar-refractivity contribution in [2.75, 3.05) is 24.8 Å². The zero-order chi connectivity index (χ0) is 21.1. The molecule has 0 radical (unpaired) electrons. The Balaban J connectivity index is 1.90. The molecule has 0 aliphatic heterocycles. The average Bonchev–Trinajstić information content (AvgIpc) is 2.73. The maximum absolute atomic E-state index is 13.2. The molecule has 1 aromatic carbocycles. The van der Waals surface area contributed by atoms with Crippen LogP contribution in [0.4, 0.5) is 17.5 Å². The number of fused-ring (bicyclic) bond motifs is 1. The van der Waals surface area contributed by atoms with Gasteiger partial charge in [-0.25, -0.2) is 15.0 Å². The first-order valence-corrected chi connectivity index (χ1v) is 9.50. The molecule has 0 fully saturated rings. The van der Waals surface area contributed by atoms with Gasteiger partial charge in [0.15, 0.2) is 0 Å². The van der Waals surface area contributed by atoms with Gasteiger partial charge in [0.25, 0.3) is 5.56 Å². The van der Waals surface area contributed by atoms with Gasteiger partial charge in [-0.3, -0.25) is 4.79 Å². The number of nitrogen functional groups attached to an aromatic ring is 1. The lowest BCUT2D eigenvalue weighted by molar-refractivity contribution is 0.186. The Kier molecular flexibility index (Phi) is 5.40. The van der Waals surface area contributed by atoms with E-state index in [0.29, 0.717) is 35.6 Å². The number of nitrogens with one attached hydrogen (secondary N) is 1. The van der Waals surface area contributed by atoms with Crippen molar-refractivity contribution in [3.63, 3.8) is 0 Å². The van der Waals surface area contributed by atoms with Crippen LogP contribution in [0.2, 0.25) is 0 Å². The third-order valence-electron chi connectivity index (χ3n) is 4.74. The minimum atomic E-state index is -0.132. The van der Waals surface area contributed by atoms with Crippen LogP contribution >= 0.6 is 0 Å². The van der Waals surface area contributed by atoms with Gasteiger partial charge in [-0.2, -0.15) is 0 Å². The summed E-state index contributed by atoms with van der Waals surface area (Å²) in [5.74, 6) is 0.667. The molecule has 0 aliphatic carbocycles. The van der Waals surface area contributed by atoms with Crippen LogP contribution in [0.3, 0.4) is 0 Å². The van der Waals surface area contributed by atoms with Gasteiger partial charge in [-0.05, 0) is 42.1 Å². The summed E-state index contributed by atoms with van der Waals surface area (Å²) in [7, 11) is 1.61. The molecule has 3 N–H and O–H groups in total. The van der Waals surface area contributed by atoms with Crippen molar-refractivity contribution in [2.45, 2.75) is 13.5 Å². The van der Waals surface area contributed by atoms with E-state index in [-0.39, 0.29) is 11.5 Å². The normalized spacial score (nSPS) is 11.0. The molecule has 0 aliphatic rings. The van der Waals surface area contributed by atoms with Crippen molar-refractivity contribution in [1.82, 2.24) is 19.5 Å². The zero-order valence-corrected chi connectivity index (χ0v) is 16.8. The van der Waals surface area contributed by atoms with Gasteiger partial charge in [-0.15, -0.1) is 0 Å². The Morgan fingerprint density at radius 1 is 1.17 bits per heavy atom. The van der Waals surface area contributed by atoms with Gasteiger partial charge < -0.3 is 20.4 Å². The number of hydrogen-bond donors (Lipinski definition) is 2. The van der Waals surface area contributed by atoms with Crippen molar-refractivity contribution in [3.8, 4) is 11.3 Å². The SMILES string of the molecule is COCCn1ccc2cc(-c3cnc(N)nc3)nc(Nc3cccc(C)c3)c2c1=O. The Bertz CT molecular complexity index is 1250. The molecule has 8 heteroatoms. The predicted molar refractivity (Wildman–Crippen MR) is 118 cm³/mol. The lowest BCUT2D eigenvalue weighted by Crippen LogP contribution is -2.22. The van der Waals surface area contributed by atoms with Crippen LogP contribution in [0, 0.1) is 6.92 Å². The van der Waals surface area contributed by atoms with Gasteiger partial charge in [0.1, 0.15) is 5.82 Å². The highest BCUT2D eigenvalue weighted by Gasteiger charge is 2.14. The van der Waals surface area contributed by atoms with E-state index in [1.807, 2.05) is 43.3 Å². The first-order chi connectivity index (χ1) is 14.5. The third-order valence-corrected chi connectivity index (χ3v) is 4.74. The number of anilines is 3. The molecule has 4 aromatic rings. The highest BCUT2D eigenvalue weighted by molar-refractivity contribution is 5.95. The van der Waals surface area contributed by atoms with E-state index in [1.54, 1.807) is 30.3 Å². The number of benzene rings is 1. The number of pyridine rings is 2. The number of methoxy groups -OCH3 is 1. The Morgan fingerprint density at radius 2 is 1.97 bits per heavy atom. The number of aromatic nitrogens is 4. The number of nitrogens with two attached hydrogens (primary N) is 1. The van der Waals surface area contributed by atoms with Crippen molar-refractivity contribution in [3.05, 3.63) is 70.9 Å². The van der Waals surface area contributed by atoms with E-state index in [2.05, 4.69) is 15.3 Å². The van der Waals surface area contributed by atoms with Gasteiger partial charge in [0.2, 0.25) is 5.95 Å². The summed E-state index contributed by atoms with van der Waals surface area (Å²) in [6, 6.07) is 11.7. The monoisotopic (exact) mass is 402 g/mol. The minimum absolute atomic E-state index is 0.132. The molecular formula is C22H22N6O2. The van der Waals surface area contributed by atoms with Crippen LogP contribution < -0.4 is 16.6 Å². The molecule has 0 unspecified atom stereocenters. The van der Waals surface area contributed by atoms with Crippen LogP contribution in [-0.2, 0) is 11.3 Å². The molecule has 0 saturated heterocycles. The predicted octanol–water partition coefficient (Wildman–Crippen LogP) is 3.13. The highest BCUT2D eigenvalue weighted by Crippen LogP contribution is 2.28. The summed E-state index contributed by atoms with van der Waals surface area (Å²) < 4.78 is 6.75. The lowest BCUT2D eigenvalue weighted by atomic mass is 10.1. The molecule has 30 heavy (non-hydrogen) atoms. The second kappa shape index (κ2) is 8.30. The molecule has 0 spiro atoms. The Morgan fingerprint density at radius 3 is 2.70 bits per heavy atom.